The minimum Gasteiger partial charge on any atom is -0.439 e. The highest BCUT2D eigenvalue weighted by Gasteiger charge is 2.06. The van der Waals surface area contributed by atoms with Gasteiger partial charge in [0.2, 0.25) is 5.88 Å². The predicted octanol–water partition coefficient (Wildman–Crippen LogP) is 3.22. The highest BCUT2D eigenvalue weighted by atomic mass is 79.9. The van der Waals surface area contributed by atoms with Gasteiger partial charge in [0.15, 0.2) is 5.82 Å². The van der Waals surface area contributed by atoms with E-state index in [-0.39, 0.29) is 0 Å². The Morgan fingerprint density at radius 1 is 1.21 bits per heavy atom. The SMILES string of the molecule is CNc1cc(Oc2ccc(Br)cc2)nc(COC)n1. The van der Waals surface area contributed by atoms with Crippen molar-refractivity contribution in [3.05, 3.63) is 40.6 Å². The topological polar surface area (TPSA) is 56.3 Å². The van der Waals surface area contributed by atoms with Gasteiger partial charge in [-0.15, -0.1) is 0 Å². The summed E-state index contributed by atoms with van der Waals surface area (Å²) in [6, 6.07) is 9.28. The van der Waals surface area contributed by atoms with Crippen LogP contribution < -0.4 is 10.1 Å². The standard InChI is InChI=1S/C13H14BrN3O2/c1-15-11-7-13(17-12(16-11)8-18-2)19-10-5-3-9(14)4-6-10/h3-7H,8H2,1-2H3,(H,15,16,17). The fourth-order valence-electron chi connectivity index (χ4n) is 1.47. The molecule has 0 saturated carbocycles. The Morgan fingerprint density at radius 2 is 1.95 bits per heavy atom. The van der Waals surface area contributed by atoms with Crippen molar-refractivity contribution in [1.82, 2.24) is 9.97 Å². The summed E-state index contributed by atoms with van der Waals surface area (Å²) < 4.78 is 11.7. The van der Waals surface area contributed by atoms with Gasteiger partial charge in [0.1, 0.15) is 18.2 Å². The minimum absolute atomic E-state index is 0.340. The number of anilines is 1. The molecule has 6 heteroatoms. The monoisotopic (exact) mass is 323 g/mol. The molecule has 0 aliphatic rings. The van der Waals surface area contributed by atoms with E-state index < -0.39 is 0 Å². The van der Waals surface area contributed by atoms with Crippen molar-refractivity contribution in [3.8, 4) is 11.6 Å². The van der Waals surface area contributed by atoms with Crippen LogP contribution in [0.4, 0.5) is 5.82 Å². The molecule has 1 heterocycles. The quantitative estimate of drug-likeness (QED) is 0.915. The Morgan fingerprint density at radius 3 is 2.58 bits per heavy atom. The third-order valence-corrected chi connectivity index (χ3v) is 2.84. The van der Waals surface area contributed by atoms with E-state index in [4.69, 9.17) is 9.47 Å². The van der Waals surface area contributed by atoms with Gasteiger partial charge in [-0.1, -0.05) is 15.9 Å². The second-order valence-electron chi connectivity index (χ2n) is 3.75. The van der Waals surface area contributed by atoms with Crippen LogP contribution in [-0.2, 0) is 11.3 Å². The predicted molar refractivity (Wildman–Crippen MR) is 76.5 cm³/mol. The number of nitrogens with zero attached hydrogens (tertiary/aromatic N) is 2. The van der Waals surface area contributed by atoms with E-state index in [0.717, 1.165) is 4.47 Å². The summed E-state index contributed by atoms with van der Waals surface area (Å²) in [6.45, 7) is 0.340. The molecule has 0 aliphatic carbocycles. The zero-order valence-electron chi connectivity index (χ0n) is 10.7. The van der Waals surface area contributed by atoms with Crippen molar-refractivity contribution >= 4 is 21.7 Å². The van der Waals surface area contributed by atoms with Crippen LogP contribution in [0.2, 0.25) is 0 Å². The number of hydrogen-bond acceptors (Lipinski definition) is 5. The number of hydrogen-bond donors (Lipinski definition) is 1. The smallest absolute Gasteiger partial charge is 0.224 e. The van der Waals surface area contributed by atoms with Crippen LogP contribution >= 0.6 is 15.9 Å². The van der Waals surface area contributed by atoms with Crippen LogP contribution in [0.25, 0.3) is 0 Å². The molecule has 1 aromatic carbocycles. The molecular formula is C13H14BrN3O2. The van der Waals surface area contributed by atoms with Gasteiger partial charge in [0.25, 0.3) is 0 Å². The summed E-state index contributed by atoms with van der Waals surface area (Å²) in [7, 11) is 3.40. The van der Waals surface area contributed by atoms with Gasteiger partial charge in [0.05, 0.1) is 0 Å². The van der Waals surface area contributed by atoms with Gasteiger partial charge >= 0.3 is 0 Å². The molecule has 0 aliphatic heterocycles. The van der Waals surface area contributed by atoms with Crippen LogP contribution in [0, 0.1) is 0 Å². The number of halogens is 1. The number of ether oxygens (including phenoxy) is 2. The van der Waals surface area contributed by atoms with Crippen LogP contribution in [-0.4, -0.2) is 24.1 Å². The van der Waals surface area contributed by atoms with Crippen LogP contribution in [0.3, 0.4) is 0 Å². The van der Waals surface area contributed by atoms with E-state index in [2.05, 4.69) is 31.2 Å². The average molecular weight is 324 g/mol. The van der Waals surface area contributed by atoms with Gasteiger partial charge in [-0.05, 0) is 24.3 Å². The summed E-state index contributed by atoms with van der Waals surface area (Å²) in [5.74, 6) is 2.46. The van der Waals surface area contributed by atoms with Gasteiger partial charge in [-0.2, -0.15) is 4.98 Å². The zero-order chi connectivity index (χ0) is 13.7. The Kier molecular flexibility index (Phi) is 4.70. The van der Waals surface area contributed by atoms with Gasteiger partial charge in [-0.3, -0.25) is 0 Å². The number of rotatable bonds is 5. The lowest BCUT2D eigenvalue weighted by atomic mass is 10.3. The van der Waals surface area contributed by atoms with Crippen LogP contribution in [0.1, 0.15) is 5.82 Å². The molecule has 0 spiro atoms. The molecule has 1 aromatic heterocycles. The molecule has 0 bridgehead atoms. The maximum atomic E-state index is 5.70. The van der Waals surface area contributed by atoms with E-state index in [1.54, 1.807) is 20.2 Å². The van der Waals surface area contributed by atoms with Gasteiger partial charge in [-0.25, -0.2) is 4.98 Å². The lowest BCUT2D eigenvalue weighted by Gasteiger charge is -2.08. The Hall–Kier alpha value is -1.66. The molecule has 0 saturated heterocycles. The summed E-state index contributed by atoms with van der Waals surface area (Å²) in [6.07, 6.45) is 0. The number of methoxy groups -OCH3 is 1. The van der Waals surface area contributed by atoms with Crippen molar-refractivity contribution < 1.29 is 9.47 Å². The Labute approximate surface area is 120 Å². The second kappa shape index (κ2) is 6.49. The number of nitrogens with one attached hydrogen (secondary N) is 1. The van der Waals surface area contributed by atoms with Crippen molar-refractivity contribution in [3.63, 3.8) is 0 Å². The van der Waals surface area contributed by atoms with Crippen LogP contribution in [0.5, 0.6) is 11.6 Å². The van der Waals surface area contributed by atoms with Crippen molar-refractivity contribution in [2.75, 3.05) is 19.5 Å². The first kappa shape index (κ1) is 13.8. The molecule has 0 unspecified atom stereocenters. The molecular weight excluding hydrogens is 310 g/mol. The third kappa shape index (κ3) is 3.90. The molecule has 0 fully saturated rings. The lowest BCUT2D eigenvalue weighted by Crippen LogP contribution is -2.02. The van der Waals surface area contributed by atoms with Gasteiger partial charge < -0.3 is 14.8 Å². The van der Waals surface area contributed by atoms with E-state index in [9.17, 15) is 0 Å². The van der Waals surface area contributed by atoms with Gasteiger partial charge in [0, 0.05) is 24.7 Å². The summed E-state index contributed by atoms with van der Waals surface area (Å²) in [4.78, 5) is 8.54. The Bertz CT molecular complexity index is 546. The first-order valence-corrected chi connectivity index (χ1v) is 6.48. The minimum atomic E-state index is 0.340. The first-order valence-electron chi connectivity index (χ1n) is 5.69. The third-order valence-electron chi connectivity index (χ3n) is 2.31. The maximum Gasteiger partial charge on any atom is 0.224 e. The highest BCUT2D eigenvalue weighted by Crippen LogP contribution is 2.23. The summed E-state index contributed by atoms with van der Waals surface area (Å²) in [5, 5.41) is 2.97. The molecule has 100 valence electrons. The van der Waals surface area contributed by atoms with Crippen molar-refractivity contribution in [1.29, 1.82) is 0 Å². The molecule has 1 N–H and O–H groups in total. The molecule has 19 heavy (non-hydrogen) atoms. The average Bonchev–Trinajstić information content (AvgIpc) is 2.41. The molecule has 2 rings (SSSR count). The van der Waals surface area contributed by atoms with Crippen molar-refractivity contribution in [2.45, 2.75) is 6.61 Å². The highest BCUT2D eigenvalue weighted by molar-refractivity contribution is 9.10. The fraction of sp³-hybridized carbons (Fsp3) is 0.231. The second-order valence-corrected chi connectivity index (χ2v) is 4.66. The number of benzene rings is 1. The summed E-state index contributed by atoms with van der Waals surface area (Å²) in [5.41, 5.74) is 0. The Balaban J connectivity index is 2.23. The normalized spacial score (nSPS) is 10.3. The number of aromatic nitrogens is 2. The maximum absolute atomic E-state index is 5.70. The van der Waals surface area contributed by atoms with Crippen LogP contribution in [0.15, 0.2) is 34.8 Å². The molecule has 0 radical (unpaired) electrons. The first-order chi connectivity index (χ1) is 9.21. The lowest BCUT2D eigenvalue weighted by molar-refractivity contribution is 0.177. The molecule has 0 amide bonds. The zero-order valence-corrected chi connectivity index (χ0v) is 12.3. The molecule has 0 atom stereocenters. The largest absolute Gasteiger partial charge is 0.439 e. The van der Waals surface area contributed by atoms with E-state index in [1.807, 2.05) is 24.3 Å². The summed E-state index contributed by atoms with van der Waals surface area (Å²) >= 11 is 3.38. The van der Waals surface area contributed by atoms with Crippen molar-refractivity contribution in [2.24, 2.45) is 0 Å². The fourth-order valence-corrected chi connectivity index (χ4v) is 1.73. The van der Waals surface area contributed by atoms with E-state index in [1.165, 1.54) is 0 Å². The molecule has 5 nitrogen and oxygen atoms in total. The molecule has 2 aromatic rings. The van der Waals surface area contributed by atoms with E-state index in [0.29, 0.717) is 29.9 Å². The van der Waals surface area contributed by atoms with E-state index >= 15 is 0 Å².